The molecule has 0 saturated heterocycles. The predicted molar refractivity (Wildman–Crippen MR) is 75.4 cm³/mol. The van der Waals surface area contributed by atoms with Gasteiger partial charge < -0.3 is 10.3 Å². The lowest BCUT2D eigenvalue weighted by atomic mass is 9.92. The summed E-state index contributed by atoms with van der Waals surface area (Å²) in [5.41, 5.74) is 8.76. The van der Waals surface area contributed by atoms with Gasteiger partial charge in [0.1, 0.15) is 0 Å². The molecule has 2 aromatic rings. The number of nitrogens with two attached hydrogens (primary N) is 1. The van der Waals surface area contributed by atoms with E-state index < -0.39 is 0 Å². The van der Waals surface area contributed by atoms with E-state index in [1.54, 1.807) is 0 Å². The lowest BCUT2D eigenvalue weighted by molar-refractivity contribution is 0.368. The Bertz CT molecular complexity index is 634. The van der Waals surface area contributed by atoms with Crippen LogP contribution in [0, 0.1) is 5.92 Å². The molecular formula is C16H19N3O. The number of rotatable bonds is 3. The van der Waals surface area contributed by atoms with E-state index >= 15 is 0 Å². The Morgan fingerprint density at radius 3 is 3.05 bits per heavy atom. The van der Waals surface area contributed by atoms with Gasteiger partial charge in [-0.3, -0.25) is 0 Å². The van der Waals surface area contributed by atoms with Gasteiger partial charge in [-0.25, -0.2) is 0 Å². The summed E-state index contributed by atoms with van der Waals surface area (Å²) in [4.78, 5) is 4.55. The minimum absolute atomic E-state index is 0.0719. The fourth-order valence-electron chi connectivity index (χ4n) is 3.68. The molecule has 0 spiro atoms. The van der Waals surface area contributed by atoms with Crippen LogP contribution in [0.5, 0.6) is 0 Å². The molecule has 1 aromatic carbocycles. The number of hydrogen-bond donors (Lipinski definition) is 1. The molecular weight excluding hydrogens is 250 g/mol. The number of nitrogens with zero attached hydrogens (tertiary/aromatic N) is 2. The van der Waals surface area contributed by atoms with Crippen LogP contribution in [-0.4, -0.2) is 16.2 Å². The summed E-state index contributed by atoms with van der Waals surface area (Å²) in [5, 5.41) is 4.07. The largest absolute Gasteiger partial charge is 0.339 e. The van der Waals surface area contributed by atoms with Crippen molar-refractivity contribution in [3.63, 3.8) is 0 Å². The number of fused-ring (bicyclic) bond motifs is 3. The van der Waals surface area contributed by atoms with E-state index in [0.717, 1.165) is 11.7 Å². The van der Waals surface area contributed by atoms with Crippen LogP contribution in [0.25, 0.3) is 0 Å². The smallest absolute Gasteiger partial charge is 0.230 e. The van der Waals surface area contributed by atoms with Gasteiger partial charge in [-0.1, -0.05) is 29.4 Å². The van der Waals surface area contributed by atoms with Gasteiger partial charge in [-0.2, -0.15) is 4.98 Å². The molecule has 4 atom stereocenters. The van der Waals surface area contributed by atoms with Gasteiger partial charge in [0.25, 0.3) is 0 Å². The first-order chi connectivity index (χ1) is 9.74. The predicted octanol–water partition coefficient (Wildman–Crippen LogP) is 2.40. The third kappa shape index (κ3) is 1.86. The maximum absolute atomic E-state index is 5.78. The van der Waals surface area contributed by atoms with Gasteiger partial charge in [-0.05, 0) is 42.7 Å². The second-order valence-corrected chi connectivity index (χ2v) is 6.18. The highest BCUT2D eigenvalue weighted by molar-refractivity contribution is 5.42. The van der Waals surface area contributed by atoms with Crippen molar-refractivity contribution in [1.82, 2.24) is 10.1 Å². The Hall–Kier alpha value is -1.68. The van der Waals surface area contributed by atoms with Gasteiger partial charge in [0.2, 0.25) is 5.89 Å². The van der Waals surface area contributed by atoms with Crippen LogP contribution in [0.4, 0.5) is 0 Å². The Morgan fingerprint density at radius 2 is 2.20 bits per heavy atom. The summed E-state index contributed by atoms with van der Waals surface area (Å²) in [6.45, 7) is 1.96. The molecule has 20 heavy (non-hydrogen) atoms. The average molecular weight is 269 g/mol. The lowest BCUT2D eigenvalue weighted by Crippen LogP contribution is -2.18. The third-order valence-electron chi connectivity index (χ3n) is 4.60. The van der Waals surface area contributed by atoms with E-state index in [-0.39, 0.29) is 6.04 Å². The first-order valence-electron chi connectivity index (χ1n) is 7.40. The van der Waals surface area contributed by atoms with Crippen molar-refractivity contribution in [3.05, 3.63) is 47.1 Å². The second-order valence-electron chi connectivity index (χ2n) is 6.18. The molecule has 1 heterocycles. The van der Waals surface area contributed by atoms with E-state index in [1.165, 1.54) is 24.0 Å². The summed E-state index contributed by atoms with van der Waals surface area (Å²) in [7, 11) is 0. The zero-order valence-electron chi connectivity index (χ0n) is 11.6. The van der Waals surface area contributed by atoms with Gasteiger partial charge >= 0.3 is 0 Å². The van der Waals surface area contributed by atoms with Crippen LogP contribution < -0.4 is 5.73 Å². The highest BCUT2D eigenvalue weighted by Gasteiger charge is 2.56. The molecule has 4 rings (SSSR count). The zero-order chi connectivity index (χ0) is 13.7. The van der Waals surface area contributed by atoms with Crippen molar-refractivity contribution < 1.29 is 4.52 Å². The molecule has 2 aliphatic carbocycles. The van der Waals surface area contributed by atoms with Crippen LogP contribution in [0.3, 0.4) is 0 Å². The van der Waals surface area contributed by atoms with Gasteiger partial charge in [-0.15, -0.1) is 0 Å². The zero-order valence-corrected chi connectivity index (χ0v) is 11.6. The molecule has 0 radical (unpaired) electrons. The molecule has 1 saturated carbocycles. The quantitative estimate of drug-likeness (QED) is 0.929. The van der Waals surface area contributed by atoms with Gasteiger partial charge in [0.15, 0.2) is 5.82 Å². The van der Waals surface area contributed by atoms with Crippen LogP contribution >= 0.6 is 0 Å². The van der Waals surface area contributed by atoms with Gasteiger partial charge in [0, 0.05) is 18.4 Å². The number of aryl methyl sites for hydroxylation is 1. The molecule has 0 aliphatic heterocycles. The normalized spacial score (nSPS) is 28.6. The molecule has 4 heteroatoms. The molecule has 0 amide bonds. The maximum atomic E-state index is 5.78. The molecule has 4 unspecified atom stereocenters. The van der Waals surface area contributed by atoms with E-state index in [1.807, 2.05) is 6.92 Å². The Labute approximate surface area is 118 Å². The molecule has 1 aromatic heterocycles. The Balaban J connectivity index is 1.59. The fraction of sp³-hybridized carbons (Fsp3) is 0.500. The summed E-state index contributed by atoms with van der Waals surface area (Å²) in [6, 6.07) is 8.83. The minimum atomic E-state index is 0.0719. The molecule has 4 nitrogen and oxygen atoms in total. The van der Waals surface area contributed by atoms with E-state index in [4.69, 9.17) is 10.3 Å². The van der Waals surface area contributed by atoms with E-state index in [0.29, 0.717) is 24.2 Å². The Kier molecular flexibility index (Phi) is 2.67. The maximum Gasteiger partial charge on any atom is 0.230 e. The van der Waals surface area contributed by atoms with Gasteiger partial charge in [0.05, 0.1) is 0 Å². The monoisotopic (exact) mass is 269 g/mol. The fourth-order valence-corrected chi connectivity index (χ4v) is 3.68. The van der Waals surface area contributed by atoms with E-state index in [9.17, 15) is 0 Å². The SMILES string of the molecule is CC(N)Cc1noc(C2C3CCc4ccccc4C32)n1. The second kappa shape index (κ2) is 4.42. The van der Waals surface area contributed by atoms with Crippen molar-refractivity contribution >= 4 is 0 Å². The van der Waals surface area contributed by atoms with Crippen LogP contribution in [0.2, 0.25) is 0 Å². The van der Waals surface area contributed by atoms with Crippen molar-refractivity contribution in [3.8, 4) is 0 Å². The molecule has 2 N–H and O–H groups in total. The number of benzene rings is 1. The first kappa shape index (κ1) is 12.1. The average Bonchev–Trinajstić information content (AvgIpc) is 3.02. The number of aromatic nitrogens is 2. The first-order valence-corrected chi connectivity index (χ1v) is 7.40. The van der Waals surface area contributed by atoms with Crippen molar-refractivity contribution in [1.29, 1.82) is 0 Å². The molecule has 1 fully saturated rings. The van der Waals surface area contributed by atoms with Crippen LogP contribution in [0.1, 0.15) is 48.0 Å². The standard InChI is InChI=1S/C16H19N3O/c1-9(17)8-13-18-16(20-19-13)15-12-7-6-10-4-2-3-5-11(10)14(12)15/h2-5,9,12,14-15H,6-8,17H2,1H3. The summed E-state index contributed by atoms with van der Waals surface area (Å²) in [6.07, 6.45) is 3.09. The number of hydrogen-bond acceptors (Lipinski definition) is 4. The highest BCUT2D eigenvalue weighted by atomic mass is 16.5. The molecule has 0 bridgehead atoms. The third-order valence-corrected chi connectivity index (χ3v) is 4.60. The molecule has 2 aliphatic rings. The van der Waals surface area contributed by atoms with Crippen molar-refractivity contribution in [2.45, 2.75) is 44.1 Å². The van der Waals surface area contributed by atoms with Crippen LogP contribution in [-0.2, 0) is 12.8 Å². The Morgan fingerprint density at radius 1 is 1.35 bits per heavy atom. The van der Waals surface area contributed by atoms with Crippen molar-refractivity contribution in [2.75, 3.05) is 0 Å². The minimum Gasteiger partial charge on any atom is -0.339 e. The van der Waals surface area contributed by atoms with Crippen LogP contribution in [0.15, 0.2) is 28.8 Å². The molecule has 104 valence electrons. The highest BCUT2D eigenvalue weighted by Crippen LogP contribution is 2.64. The lowest BCUT2D eigenvalue weighted by Gasteiger charge is -2.13. The topological polar surface area (TPSA) is 64.9 Å². The van der Waals surface area contributed by atoms with Crippen molar-refractivity contribution in [2.24, 2.45) is 11.7 Å². The summed E-state index contributed by atoms with van der Waals surface area (Å²) in [5.74, 6) is 3.25. The summed E-state index contributed by atoms with van der Waals surface area (Å²) >= 11 is 0. The van der Waals surface area contributed by atoms with E-state index in [2.05, 4.69) is 34.4 Å². The summed E-state index contributed by atoms with van der Waals surface area (Å²) < 4.78 is 5.48.